The summed E-state index contributed by atoms with van der Waals surface area (Å²) in [6.45, 7) is 3.95. The molecule has 1 N–H and O–H groups in total. The van der Waals surface area contributed by atoms with E-state index in [1.807, 2.05) is 32.0 Å². The number of benzene rings is 2. The van der Waals surface area contributed by atoms with Crippen molar-refractivity contribution in [2.45, 2.75) is 38.4 Å². The van der Waals surface area contributed by atoms with Gasteiger partial charge < -0.3 is 0 Å². The predicted octanol–water partition coefficient (Wildman–Crippen LogP) is 4.30. The molecule has 1 atom stereocenters. The molecule has 0 aromatic heterocycles. The minimum atomic E-state index is -4.49. The highest BCUT2D eigenvalue weighted by atomic mass is 19.4. The van der Waals surface area contributed by atoms with Crippen LogP contribution in [0.2, 0.25) is 0 Å². The molecule has 0 saturated carbocycles. The molecular weight excluding hydrogens is 317 g/mol. The minimum absolute atomic E-state index is 0.0449. The molecule has 0 unspecified atom stereocenters. The number of carbonyl (C=O) groups is 1. The average molecular weight is 336 g/mol. The number of amides is 1. The second-order valence-corrected chi connectivity index (χ2v) is 6.41. The number of alkyl halides is 3. The molecule has 6 heteroatoms. The fourth-order valence-corrected chi connectivity index (χ4v) is 3.13. The highest BCUT2D eigenvalue weighted by Gasteiger charge is 2.47. The maximum Gasteiger partial charge on any atom is 0.409 e. The molecule has 3 rings (SSSR count). The molecule has 0 aliphatic carbocycles. The molecule has 0 spiro atoms. The van der Waals surface area contributed by atoms with Gasteiger partial charge in [-0.2, -0.15) is 13.2 Å². The smallest absolute Gasteiger partial charge is 0.288 e. The van der Waals surface area contributed by atoms with Crippen molar-refractivity contribution in [3.05, 3.63) is 47.5 Å². The Bertz CT molecular complexity index is 770. The Hall–Kier alpha value is -2.08. The second kappa shape index (κ2) is 6.09. The standard InChI is InChI=1S/C18H19F3N2O/c1-11(2)13-9-12-5-3-4-6-14(12)15(10-13)17(18(19,20)21)23-8-7-16(24)22-23/h3-6,9-11,17H,7-8H2,1-2H3,(H,22,24)/t17-/m0/s1. The van der Waals surface area contributed by atoms with E-state index in [9.17, 15) is 18.0 Å². The summed E-state index contributed by atoms with van der Waals surface area (Å²) in [7, 11) is 0. The van der Waals surface area contributed by atoms with Crippen molar-refractivity contribution >= 4 is 16.7 Å². The highest BCUT2D eigenvalue weighted by Crippen LogP contribution is 2.41. The number of nitrogens with zero attached hydrogens (tertiary/aromatic N) is 1. The van der Waals surface area contributed by atoms with Crippen LogP contribution in [0.5, 0.6) is 0 Å². The average Bonchev–Trinajstić information content (AvgIpc) is 2.91. The molecule has 1 saturated heterocycles. The first-order valence-electron chi connectivity index (χ1n) is 7.93. The lowest BCUT2D eigenvalue weighted by molar-refractivity contribution is -0.190. The monoisotopic (exact) mass is 336 g/mol. The van der Waals surface area contributed by atoms with Gasteiger partial charge >= 0.3 is 6.18 Å². The van der Waals surface area contributed by atoms with Crippen molar-refractivity contribution in [1.82, 2.24) is 10.4 Å². The Morgan fingerprint density at radius 1 is 1.17 bits per heavy atom. The number of carbonyl (C=O) groups excluding carboxylic acids is 1. The van der Waals surface area contributed by atoms with E-state index in [4.69, 9.17) is 0 Å². The summed E-state index contributed by atoms with van der Waals surface area (Å²) in [6, 6.07) is 8.77. The molecule has 1 heterocycles. The van der Waals surface area contributed by atoms with Gasteiger partial charge in [0.15, 0.2) is 6.04 Å². The molecule has 128 valence electrons. The SMILES string of the molecule is CC(C)c1cc([C@H](N2CCC(=O)N2)C(F)(F)F)c2ccccc2c1. The van der Waals surface area contributed by atoms with Crippen molar-refractivity contribution in [3.8, 4) is 0 Å². The van der Waals surface area contributed by atoms with Gasteiger partial charge in [-0.15, -0.1) is 0 Å². The van der Waals surface area contributed by atoms with Crippen molar-refractivity contribution < 1.29 is 18.0 Å². The van der Waals surface area contributed by atoms with Crippen LogP contribution in [0, 0.1) is 0 Å². The summed E-state index contributed by atoms with van der Waals surface area (Å²) >= 11 is 0. The topological polar surface area (TPSA) is 32.3 Å². The van der Waals surface area contributed by atoms with Gasteiger partial charge in [-0.05, 0) is 27.8 Å². The quantitative estimate of drug-likeness (QED) is 0.906. The highest BCUT2D eigenvalue weighted by molar-refractivity contribution is 5.87. The molecule has 24 heavy (non-hydrogen) atoms. The maximum absolute atomic E-state index is 13.9. The van der Waals surface area contributed by atoms with Crippen LogP contribution in [0.3, 0.4) is 0 Å². The first-order chi connectivity index (χ1) is 11.3. The van der Waals surface area contributed by atoms with Gasteiger partial charge in [-0.25, -0.2) is 5.01 Å². The van der Waals surface area contributed by atoms with Crippen LogP contribution >= 0.6 is 0 Å². The molecule has 0 bridgehead atoms. The Labute approximate surface area is 138 Å². The Kier molecular flexibility index (Phi) is 4.25. The fourth-order valence-electron chi connectivity index (χ4n) is 3.13. The van der Waals surface area contributed by atoms with Crippen LogP contribution in [-0.4, -0.2) is 23.6 Å². The number of rotatable bonds is 3. The van der Waals surface area contributed by atoms with Gasteiger partial charge in [0.2, 0.25) is 5.91 Å². The zero-order valence-electron chi connectivity index (χ0n) is 13.5. The molecule has 0 radical (unpaired) electrons. The van der Waals surface area contributed by atoms with Crippen molar-refractivity contribution in [3.63, 3.8) is 0 Å². The largest absolute Gasteiger partial charge is 0.409 e. The fraction of sp³-hybridized carbons (Fsp3) is 0.389. The Morgan fingerprint density at radius 3 is 2.46 bits per heavy atom. The molecule has 1 fully saturated rings. The lowest BCUT2D eigenvalue weighted by Crippen LogP contribution is -2.43. The summed E-state index contributed by atoms with van der Waals surface area (Å²) in [4.78, 5) is 11.4. The summed E-state index contributed by atoms with van der Waals surface area (Å²) in [6.07, 6.45) is -4.41. The molecule has 2 aromatic rings. The molecular formula is C18H19F3N2O. The van der Waals surface area contributed by atoms with Crippen LogP contribution in [0.15, 0.2) is 36.4 Å². The lowest BCUT2D eigenvalue weighted by atomic mass is 9.91. The number of hydrogen-bond acceptors (Lipinski definition) is 2. The van der Waals surface area contributed by atoms with Crippen LogP contribution in [0.1, 0.15) is 43.4 Å². The van der Waals surface area contributed by atoms with Gasteiger partial charge in [0, 0.05) is 13.0 Å². The van der Waals surface area contributed by atoms with Crippen molar-refractivity contribution in [2.24, 2.45) is 0 Å². The van der Waals surface area contributed by atoms with E-state index in [1.54, 1.807) is 18.2 Å². The van der Waals surface area contributed by atoms with E-state index >= 15 is 0 Å². The Balaban J connectivity index is 2.21. The number of hydrazine groups is 1. The number of fused-ring (bicyclic) bond motifs is 1. The summed E-state index contributed by atoms with van der Waals surface area (Å²) in [5.41, 5.74) is 3.38. The molecule has 2 aromatic carbocycles. The van der Waals surface area contributed by atoms with Crippen LogP contribution in [-0.2, 0) is 4.79 Å². The van der Waals surface area contributed by atoms with E-state index in [0.29, 0.717) is 5.39 Å². The maximum atomic E-state index is 13.9. The minimum Gasteiger partial charge on any atom is -0.288 e. The molecule has 3 nitrogen and oxygen atoms in total. The van der Waals surface area contributed by atoms with Gasteiger partial charge in [0.05, 0.1) is 0 Å². The number of hydrogen-bond donors (Lipinski definition) is 1. The zero-order chi connectivity index (χ0) is 17.5. The zero-order valence-corrected chi connectivity index (χ0v) is 13.5. The van der Waals surface area contributed by atoms with Crippen LogP contribution in [0.4, 0.5) is 13.2 Å². The van der Waals surface area contributed by atoms with Gasteiger partial charge in [0.25, 0.3) is 0 Å². The molecule has 1 amide bonds. The Morgan fingerprint density at radius 2 is 1.88 bits per heavy atom. The van der Waals surface area contributed by atoms with E-state index in [2.05, 4.69) is 5.43 Å². The number of halogens is 3. The third-order valence-corrected chi connectivity index (χ3v) is 4.35. The van der Waals surface area contributed by atoms with E-state index in [1.165, 1.54) is 0 Å². The second-order valence-electron chi connectivity index (χ2n) is 6.41. The van der Waals surface area contributed by atoms with Gasteiger partial charge in [-0.3, -0.25) is 10.2 Å². The normalized spacial score (nSPS) is 17.5. The van der Waals surface area contributed by atoms with E-state index < -0.39 is 12.2 Å². The van der Waals surface area contributed by atoms with E-state index in [-0.39, 0.29) is 30.4 Å². The summed E-state index contributed by atoms with van der Waals surface area (Å²) in [5.74, 6) is -0.274. The summed E-state index contributed by atoms with van der Waals surface area (Å²) in [5, 5.41) is 2.35. The number of nitrogens with one attached hydrogen (secondary N) is 1. The first-order valence-corrected chi connectivity index (χ1v) is 7.93. The van der Waals surface area contributed by atoms with Crippen LogP contribution in [0.25, 0.3) is 10.8 Å². The van der Waals surface area contributed by atoms with E-state index in [0.717, 1.165) is 16.0 Å². The molecule has 1 aliphatic heterocycles. The summed E-state index contributed by atoms with van der Waals surface area (Å²) < 4.78 is 41.6. The third kappa shape index (κ3) is 3.11. The van der Waals surface area contributed by atoms with Crippen molar-refractivity contribution in [1.29, 1.82) is 0 Å². The third-order valence-electron chi connectivity index (χ3n) is 4.35. The van der Waals surface area contributed by atoms with Gasteiger partial charge in [0.1, 0.15) is 0 Å². The molecule has 1 aliphatic rings. The van der Waals surface area contributed by atoms with Crippen LogP contribution < -0.4 is 5.43 Å². The lowest BCUT2D eigenvalue weighted by Gasteiger charge is -2.30. The predicted molar refractivity (Wildman–Crippen MR) is 86.3 cm³/mol. The first kappa shape index (κ1) is 16.8. The van der Waals surface area contributed by atoms with Gasteiger partial charge in [-0.1, -0.05) is 50.2 Å². The van der Waals surface area contributed by atoms with Crippen molar-refractivity contribution in [2.75, 3.05) is 6.54 Å².